The summed E-state index contributed by atoms with van der Waals surface area (Å²) in [6.07, 6.45) is 5.02. The van der Waals surface area contributed by atoms with E-state index >= 15 is 0 Å². The highest BCUT2D eigenvalue weighted by atomic mass is 35.5. The van der Waals surface area contributed by atoms with E-state index in [4.69, 9.17) is 11.6 Å². The molecule has 68 valence electrons. The third-order valence-electron chi connectivity index (χ3n) is 3.97. The Morgan fingerprint density at radius 3 is 2.58 bits per heavy atom. The molecule has 0 saturated heterocycles. The average molecular weight is 185 g/mol. The zero-order chi connectivity index (χ0) is 8.93. The number of hydrogen-bond acceptors (Lipinski definition) is 0. The first-order valence-electron chi connectivity index (χ1n) is 4.87. The summed E-state index contributed by atoms with van der Waals surface area (Å²) in [6.45, 7) is 6.87. The minimum Gasteiger partial charge on any atom is -0.118 e. The number of halogens is 1. The number of fused-ring (bicyclic) bond motifs is 1. The van der Waals surface area contributed by atoms with Gasteiger partial charge < -0.3 is 0 Å². The summed E-state index contributed by atoms with van der Waals surface area (Å²) in [4.78, 5) is 0. The van der Waals surface area contributed by atoms with Crippen molar-refractivity contribution in [3.8, 4) is 0 Å². The molecule has 3 rings (SSSR count). The predicted molar refractivity (Wildman–Crippen MR) is 53.4 cm³/mol. The lowest BCUT2D eigenvalue weighted by atomic mass is 9.48. The molecule has 1 heteroatoms. The van der Waals surface area contributed by atoms with E-state index in [1.54, 1.807) is 0 Å². The number of rotatable bonds is 1. The van der Waals surface area contributed by atoms with Crippen molar-refractivity contribution in [1.29, 1.82) is 0 Å². The van der Waals surface area contributed by atoms with Crippen LogP contribution >= 0.6 is 11.6 Å². The first kappa shape index (κ1) is 8.62. The molecular weight excluding hydrogens is 168 g/mol. The summed E-state index contributed by atoms with van der Waals surface area (Å²) in [5, 5.41) is 0.246. The Bertz CT molecular complexity index is 225. The van der Waals surface area contributed by atoms with E-state index in [-0.39, 0.29) is 5.38 Å². The monoisotopic (exact) mass is 184 g/mol. The van der Waals surface area contributed by atoms with Gasteiger partial charge in [0, 0.05) is 0 Å². The lowest BCUT2D eigenvalue weighted by molar-refractivity contribution is -0.00744. The van der Waals surface area contributed by atoms with Gasteiger partial charge >= 0.3 is 0 Å². The van der Waals surface area contributed by atoms with Crippen LogP contribution in [0.2, 0.25) is 0 Å². The highest BCUT2D eigenvalue weighted by Gasteiger charge is 2.51. The maximum Gasteiger partial charge on any atom is 0.0519 e. The van der Waals surface area contributed by atoms with E-state index in [2.05, 4.69) is 26.8 Å². The molecule has 12 heavy (non-hydrogen) atoms. The van der Waals surface area contributed by atoms with Gasteiger partial charge in [-0.1, -0.05) is 25.5 Å². The lowest BCUT2D eigenvalue weighted by Gasteiger charge is -2.57. The van der Waals surface area contributed by atoms with Gasteiger partial charge in [0.25, 0.3) is 0 Å². The van der Waals surface area contributed by atoms with Gasteiger partial charge in [0.15, 0.2) is 0 Å². The molecule has 0 aromatic rings. The standard InChI is InChI=1S/C11H17Cl/c1-7(12)9-5-4-8-6-10(9)11(8,2)3/h5,7-8,10H,4,6H2,1-3H3/t7?,8-,10-/m1/s1. The van der Waals surface area contributed by atoms with Crippen molar-refractivity contribution in [3.05, 3.63) is 11.6 Å². The van der Waals surface area contributed by atoms with E-state index in [0.29, 0.717) is 5.41 Å². The molecule has 1 saturated carbocycles. The second kappa shape index (κ2) is 2.51. The van der Waals surface area contributed by atoms with Crippen molar-refractivity contribution in [3.63, 3.8) is 0 Å². The largest absolute Gasteiger partial charge is 0.118 e. The first-order valence-corrected chi connectivity index (χ1v) is 5.31. The van der Waals surface area contributed by atoms with Crippen molar-refractivity contribution >= 4 is 11.6 Å². The van der Waals surface area contributed by atoms with Crippen LogP contribution in [0.15, 0.2) is 11.6 Å². The summed E-state index contributed by atoms with van der Waals surface area (Å²) < 4.78 is 0. The summed E-state index contributed by atoms with van der Waals surface area (Å²) >= 11 is 6.14. The van der Waals surface area contributed by atoms with Gasteiger partial charge in [0.2, 0.25) is 0 Å². The number of allylic oxidation sites excluding steroid dienone is 2. The van der Waals surface area contributed by atoms with Gasteiger partial charge in [-0.25, -0.2) is 0 Å². The van der Waals surface area contributed by atoms with Crippen LogP contribution in [0.5, 0.6) is 0 Å². The van der Waals surface area contributed by atoms with Crippen LogP contribution in [0.4, 0.5) is 0 Å². The highest BCUT2D eigenvalue weighted by molar-refractivity contribution is 6.22. The molecule has 0 N–H and O–H groups in total. The number of hydrogen-bond donors (Lipinski definition) is 0. The average Bonchev–Trinajstić information content (AvgIpc) is 2.04. The van der Waals surface area contributed by atoms with Gasteiger partial charge in [-0.05, 0) is 37.0 Å². The van der Waals surface area contributed by atoms with Crippen molar-refractivity contribution in [2.45, 2.75) is 39.0 Å². The minimum absolute atomic E-state index is 0.246. The molecule has 3 aliphatic carbocycles. The molecule has 0 radical (unpaired) electrons. The fourth-order valence-electron chi connectivity index (χ4n) is 2.84. The predicted octanol–water partition coefficient (Wildman–Crippen LogP) is 3.61. The fourth-order valence-corrected chi connectivity index (χ4v) is 3.08. The molecule has 0 spiro atoms. The van der Waals surface area contributed by atoms with E-state index in [0.717, 1.165) is 11.8 Å². The molecule has 0 nitrogen and oxygen atoms in total. The Morgan fingerprint density at radius 2 is 2.25 bits per heavy atom. The first-order chi connectivity index (χ1) is 5.53. The normalized spacial score (nSPS) is 39.8. The maximum absolute atomic E-state index is 6.14. The third kappa shape index (κ3) is 0.970. The van der Waals surface area contributed by atoms with Crippen LogP contribution in [-0.4, -0.2) is 5.38 Å². The van der Waals surface area contributed by atoms with Crippen molar-refractivity contribution in [1.82, 2.24) is 0 Å². The van der Waals surface area contributed by atoms with E-state index in [9.17, 15) is 0 Å². The van der Waals surface area contributed by atoms with Crippen LogP contribution < -0.4 is 0 Å². The van der Waals surface area contributed by atoms with Crippen LogP contribution in [0.1, 0.15) is 33.6 Å². The van der Waals surface area contributed by atoms with Crippen LogP contribution in [0.3, 0.4) is 0 Å². The molecule has 3 aliphatic rings. The topological polar surface area (TPSA) is 0 Å². The molecule has 0 heterocycles. The van der Waals surface area contributed by atoms with Crippen molar-refractivity contribution in [2.24, 2.45) is 17.3 Å². The van der Waals surface area contributed by atoms with E-state index in [1.807, 2.05) is 0 Å². The molecule has 2 bridgehead atoms. The molecule has 0 aromatic carbocycles. The van der Waals surface area contributed by atoms with Crippen LogP contribution in [0.25, 0.3) is 0 Å². The fraction of sp³-hybridized carbons (Fsp3) is 0.818. The van der Waals surface area contributed by atoms with E-state index in [1.165, 1.54) is 18.4 Å². The summed E-state index contributed by atoms with van der Waals surface area (Å²) in [7, 11) is 0. The Balaban J connectivity index is 2.24. The molecule has 0 amide bonds. The van der Waals surface area contributed by atoms with Crippen molar-refractivity contribution < 1.29 is 0 Å². The molecular formula is C11H17Cl. The number of alkyl halides is 1. The Kier molecular flexibility index (Phi) is 1.80. The summed E-state index contributed by atoms with van der Waals surface area (Å²) in [5.41, 5.74) is 2.04. The Hall–Kier alpha value is 0.0300. The van der Waals surface area contributed by atoms with Crippen molar-refractivity contribution in [2.75, 3.05) is 0 Å². The van der Waals surface area contributed by atoms with Gasteiger partial charge in [0.05, 0.1) is 5.38 Å². The second-order valence-corrected chi connectivity index (χ2v) is 5.52. The lowest BCUT2D eigenvalue weighted by Crippen LogP contribution is -2.49. The Labute approximate surface area is 80.0 Å². The molecule has 1 fully saturated rings. The summed E-state index contributed by atoms with van der Waals surface area (Å²) in [6, 6.07) is 0. The smallest absolute Gasteiger partial charge is 0.0519 e. The van der Waals surface area contributed by atoms with Gasteiger partial charge in [-0.3, -0.25) is 0 Å². The quantitative estimate of drug-likeness (QED) is 0.432. The second-order valence-electron chi connectivity index (χ2n) is 4.86. The molecule has 0 aromatic heterocycles. The Morgan fingerprint density at radius 1 is 1.58 bits per heavy atom. The van der Waals surface area contributed by atoms with Crippen LogP contribution in [-0.2, 0) is 0 Å². The molecule has 3 atom stereocenters. The highest BCUT2D eigenvalue weighted by Crippen LogP contribution is 2.60. The third-order valence-corrected chi connectivity index (χ3v) is 4.22. The van der Waals surface area contributed by atoms with Gasteiger partial charge in [0.1, 0.15) is 0 Å². The zero-order valence-corrected chi connectivity index (χ0v) is 8.86. The molecule has 1 unspecified atom stereocenters. The minimum atomic E-state index is 0.246. The van der Waals surface area contributed by atoms with Crippen LogP contribution in [0, 0.1) is 17.3 Å². The SMILES string of the molecule is CC(Cl)C1=CC[C@@H]2C[C@H]1C2(C)C. The zero-order valence-electron chi connectivity index (χ0n) is 8.10. The van der Waals surface area contributed by atoms with E-state index < -0.39 is 0 Å². The molecule has 0 aliphatic heterocycles. The van der Waals surface area contributed by atoms with Gasteiger partial charge in [-0.15, -0.1) is 11.6 Å². The maximum atomic E-state index is 6.14. The summed E-state index contributed by atoms with van der Waals surface area (Å²) in [5.74, 6) is 1.71. The van der Waals surface area contributed by atoms with Gasteiger partial charge in [-0.2, -0.15) is 0 Å².